The van der Waals surface area contributed by atoms with Gasteiger partial charge in [-0.15, -0.1) is 0 Å². The van der Waals surface area contributed by atoms with Crippen molar-refractivity contribution < 1.29 is 31.4 Å². The molecule has 1 atom stereocenters. The molecule has 0 amide bonds. The largest absolute Gasteiger partial charge is 0.497 e. The predicted octanol–water partition coefficient (Wildman–Crippen LogP) is 2.30. The summed E-state index contributed by atoms with van der Waals surface area (Å²) in [7, 11) is -5.84. The Kier molecular flexibility index (Phi) is 8.72. The summed E-state index contributed by atoms with van der Waals surface area (Å²) in [6.07, 6.45) is -0.855. The maximum Gasteiger partial charge on any atom is 0.262 e. The van der Waals surface area contributed by atoms with Crippen molar-refractivity contribution in [3.63, 3.8) is 0 Å². The quantitative estimate of drug-likeness (QED) is 0.362. The maximum atomic E-state index is 12.9. The Morgan fingerprint density at radius 3 is 2.32 bits per heavy atom. The zero-order chi connectivity index (χ0) is 26.5. The summed E-state index contributed by atoms with van der Waals surface area (Å²) in [4.78, 5) is 2.35. The molecule has 1 saturated heterocycles. The van der Waals surface area contributed by atoms with E-state index in [0.717, 1.165) is 0 Å². The van der Waals surface area contributed by atoms with Crippen molar-refractivity contribution in [2.75, 3.05) is 51.2 Å². The van der Waals surface area contributed by atoms with Gasteiger partial charge in [-0.3, -0.25) is 9.62 Å². The van der Waals surface area contributed by atoms with Gasteiger partial charge in [-0.25, -0.2) is 16.8 Å². The lowest BCUT2D eigenvalue weighted by Crippen LogP contribution is -2.50. The number of rotatable bonds is 11. The van der Waals surface area contributed by atoms with Gasteiger partial charge in [-0.1, -0.05) is 12.1 Å². The first-order chi connectivity index (χ1) is 17.7. The molecule has 1 aliphatic rings. The molecule has 0 radical (unpaired) electrons. The Hall–Kier alpha value is -2.68. The van der Waals surface area contributed by atoms with E-state index in [1.807, 2.05) is 4.90 Å². The summed E-state index contributed by atoms with van der Waals surface area (Å²) in [6, 6.07) is 14.4. The lowest BCUT2D eigenvalue weighted by Gasteiger charge is -2.34. The molecule has 0 bridgehead atoms. The smallest absolute Gasteiger partial charge is 0.262 e. The molecule has 2 aromatic carbocycles. The molecule has 1 aromatic heterocycles. The van der Waals surface area contributed by atoms with Crippen molar-refractivity contribution in [2.24, 2.45) is 0 Å². The van der Waals surface area contributed by atoms with Crippen LogP contribution >= 0.6 is 11.3 Å². The Bertz CT molecular complexity index is 1370. The second-order valence-electron chi connectivity index (χ2n) is 8.41. The SMILES string of the molecule is COc1ccc(S(=O)(=O)N2CCN(CC(O)COc3ccccc3NS(=O)(=O)c3ccsc3)CC2)cc1. The molecular formula is C24H29N3O7S3. The summed E-state index contributed by atoms with van der Waals surface area (Å²) in [5, 5.41) is 13.8. The van der Waals surface area contributed by atoms with Crippen LogP contribution in [0.3, 0.4) is 0 Å². The van der Waals surface area contributed by atoms with E-state index in [-0.39, 0.29) is 22.1 Å². The fourth-order valence-electron chi connectivity index (χ4n) is 3.87. The van der Waals surface area contributed by atoms with E-state index < -0.39 is 26.2 Å². The van der Waals surface area contributed by atoms with Crippen molar-refractivity contribution >= 4 is 37.1 Å². The molecule has 0 spiro atoms. The van der Waals surface area contributed by atoms with Gasteiger partial charge in [-0.2, -0.15) is 15.6 Å². The summed E-state index contributed by atoms with van der Waals surface area (Å²) in [5.74, 6) is 0.887. The van der Waals surface area contributed by atoms with Crippen LogP contribution in [0.2, 0.25) is 0 Å². The lowest BCUT2D eigenvalue weighted by molar-refractivity contribution is 0.0571. The van der Waals surface area contributed by atoms with Gasteiger partial charge in [0.25, 0.3) is 10.0 Å². The molecule has 200 valence electrons. The average Bonchev–Trinajstić information content (AvgIpc) is 3.45. The zero-order valence-corrected chi connectivity index (χ0v) is 22.6. The molecule has 4 rings (SSSR count). The molecule has 10 nitrogen and oxygen atoms in total. The van der Waals surface area contributed by atoms with Crippen LogP contribution in [-0.2, 0) is 20.0 Å². The lowest BCUT2D eigenvalue weighted by atomic mass is 10.3. The molecule has 0 aliphatic carbocycles. The molecule has 1 aliphatic heterocycles. The summed E-state index contributed by atoms with van der Waals surface area (Å²) in [5.41, 5.74) is 0.276. The van der Waals surface area contributed by atoms with E-state index in [1.165, 1.54) is 46.3 Å². The number of piperazine rings is 1. The Balaban J connectivity index is 1.28. The Morgan fingerprint density at radius 1 is 0.973 bits per heavy atom. The summed E-state index contributed by atoms with van der Waals surface area (Å²) >= 11 is 1.28. The molecule has 37 heavy (non-hydrogen) atoms. The second-order valence-corrected chi connectivity index (χ2v) is 12.8. The Morgan fingerprint density at radius 2 is 1.68 bits per heavy atom. The van der Waals surface area contributed by atoms with Crippen LogP contribution in [0.4, 0.5) is 5.69 Å². The third kappa shape index (κ3) is 6.80. The van der Waals surface area contributed by atoms with Gasteiger partial charge in [-0.05, 0) is 47.8 Å². The monoisotopic (exact) mass is 567 g/mol. The number of hydrogen-bond acceptors (Lipinski definition) is 9. The number of nitrogens with one attached hydrogen (secondary N) is 1. The number of benzene rings is 2. The number of anilines is 1. The van der Waals surface area contributed by atoms with Crippen LogP contribution in [-0.4, -0.2) is 83.7 Å². The van der Waals surface area contributed by atoms with E-state index in [1.54, 1.807) is 41.8 Å². The predicted molar refractivity (Wildman–Crippen MR) is 141 cm³/mol. The van der Waals surface area contributed by atoms with Crippen LogP contribution in [0, 0.1) is 0 Å². The number of nitrogens with zero attached hydrogens (tertiary/aromatic N) is 2. The minimum absolute atomic E-state index is 0.0540. The number of β-amino-alcohol motifs (C(OH)–C–C–N with tert-alkyl or cyclic N) is 1. The highest BCUT2D eigenvalue weighted by atomic mass is 32.2. The first-order valence-corrected chi connectivity index (χ1v) is 15.4. The zero-order valence-electron chi connectivity index (χ0n) is 20.2. The van der Waals surface area contributed by atoms with Gasteiger partial charge in [0, 0.05) is 38.1 Å². The van der Waals surface area contributed by atoms with Crippen molar-refractivity contribution in [2.45, 2.75) is 15.9 Å². The van der Waals surface area contributed by atoms with Gasteiger partial charge >= 0.3 is 0 Å². The van der Waals surface area contributed by atoms with Crippen LogP contribution in [0.1, 0.15) is 0 Å². The van der Waals surface area contributed by atoms with Crippen molar-refractivity contribution in [3.05, 3.63) is 65.4 Å². The highest BCUT2D eigenvalue weighted by Crippen LogP contribution is 2.27. The average molecular weight is 568 g/mol. The van der Waals surface area contributed by atoms with Gasteiger partial charge in [0.05, 0.1) is 22.6 Å². The van der Waals surface area contributed by atoms with Crippen LogP contribution < -0.4 is 14.2 Å². The number of methoxy groups -OCH3 is 1. The molecule has 3 aromatic rings. The highest BCUT2D eigenvalue weighted by Gasteiger charge is 2.29. The molecule has 1 fully saturated rings. The fourth-order valence-corrected chi connectivity index (χ4v) is 7.39. The molecule has 2 heterocycles. The van der Waals surface area contributed by atoms with Gasteiger partial charge in [0.15, 0.2) is 0 Å². The van der Waals surface area contributed by atoms with Gasteiger partial charge < -0.3 is 14.6 Å². The number of ether oxygens (including phenoxy) is 2. The van der Waals surface area contributed by atoms with Crippen LogP contribution in [0.5, 0.6) is 11.5 Å². The van der Waals surface area contributed by atoms with E-state index in [2.05, 4.69) is 4.72 Å². The first kappa shape index (κ1) is 27.4. The maximum absolute atomic E-state index is 12.9. The standard InChI is InChI=1S/C24H29N3O7S3/c1-33-20-6-8-21(9-7-20)37(31,32)27-13-11-26(12-14-27)16-19(28)17-34-24-5-3-2-4-23(24)25-36(29,30)22-10-15-35-18-22/h2-10,15,18-19,25,28H,11-14,16-17H2,1H3. The third-order valence-corrected chi connectivity index (χ3v) is 9.97. The highest BCUT2D eigenvalue weighted by molar-refractivity contribution is 7.92. The number of hydrogen-bond donors (Lipinski definition) is 2. The van der Waals surface area contributed by atoms with E-state index in [4.69, 9.17) is 9.47 Å². The number of para-hydroxylation sites is 2. The minimum atomic E-state index is -3.75. The number of sulfonamides is 2. The third-order valence-electron chi connectivity index (χ3n) is 5.87. The van der Waals surface area contributed by atoms with Crippen molar-refractivity contribution in [1.82, 2.24) is 9.21 Å². The first-order valence-electron chi connectivity index (χ1n) is 11.5. The topological polar surface area (TPSA) is 125 Å². The van der Waals surface area contributed by atoms with Gasteiger partial charge in [0.1, 0.15) is 24.2 Å². The van der Waals surface area contributed by atoms with E-state index in [9.17, 15) is 21.9 Å². The summed E-state index contributed by atoms with van der Waals surface area (Å²) < 4.78 is 65.8. The van der Waals surface area contributed by atoms with Gasteiger partial charge in [0.2, 0.25) is 10.0 Å². The molecular weight excluding hydrogens is 538 g/mol. The van der Waals surface area contributed by atoms with Crippen LogP contribution in [0.25, 0.3) is 0 Å². The van der Waals surface area contributed by atoms with E-state index >= 15 is 0 Å². The molecule has 13 heteroatoms. The van der Waals surface area contributed by atoms with E-state index in [0.29, 0.717) is 44.2 Å². The normalized spacial score (nSPS) is 16.3. The molecule has 1 unspecified atom stereocenters. The minimum Gasteiger partial charge on any atom is -0.497 e. The van der Waals surface area contributed by atoms with Crippen molar-refractivity contribution in [3.8, 4) is 11.5 Å². The number of thiophene rings is 1. The fraction of sp³-hybridized carbons (Fsp3) is 0.333. The number of aliphatic hydroxyl groups is 1. The molecule has 0 saturated carbocycles. The Labute approximate surface area is 221 Å². The molecule has 2 N–H and O–H groups in total. The van der Waals surface area contributed by atoms with Crippen molar-refractivity contribution in [1.29, 1.82) is 0 Å². The van der Waals surface area contributed by atoms with Crippen LogP contribution in [0.15, 0.2) is 75.1 Å². The second kappa shape index (κ2) is 11.8. The number of aliphatic hydroxyl groups excluding tert-OH is 1. The summed E-state index contributed by atoms with van der Waals surface area (Å²) in [6.45, 7) is 1.76.